The van der Waals surface area contributed by atoms with Gasteiger partial charge in [0.15, 0.2) is 0 Å². The van der Waals surface area contributed by atoms with Gasteiger partial charge in [0.05, 0.1) is 12.7 Å². The molecule has 0 heterocycles. The number of aliphatic hydroxyl groups is 1. The molecule has 0 aliphatic heterocycles. The lowest BCUT2D eigenvalue weighted by molar-refractivity contribution is -0.121. The van der Waals surface area contributed by atoms with E-state index in [1.165, 1.54) is 0 Å². The summed E-state index contributed by atoms with van der Waals surface area (Å²) in [5.74, 6) is 1.39. The first-order valence-electron chi connectivity index (χ1n) is 8.34. The van der Waals surface area contributed by atoms with Gasteiger partial charge >= 0.3 is 0 Å². The number of ether oxygens (including phenoxy) is 1. The third-order valence-corrected chi connectivity index (χ3v) is 4.22. The molecule has 1 aliphatic rings. The topological polar surface area (TPSA) is 58.6 Å². The average molecular weight is 305 g/mol. The molecule has 2 N–H and O–H groups in total. The third kappa shape index (κ3) is 5.68. The summed E-state index contributed by atoms with van der Waals surface area (Å²) in [7, 11) is 0. The summed E-state index contributed by atoms with van der Waals surface area (Å²) in [6.45, 7) is 3.32. The van der Waals surface area contributed by atoms with E-state index in [9.17, 15) is 9.90 Å². The molecule has 2 rings (SSSR count). The molecule has 2 atom stereocenters. The number of aliphatic hydroxyl groups excluding tert-OH is 1. The van der Waals surface area contributed by atoms with Gasteiger partial charge in [-0.2, -0.15) is 0 Å². The van der Waals surface area contributed by atoms with Gasteiger partial charge in [0.25, 0.3) is 0 Å². The van der Waals surface area contributed by atoms with Crippen LogP contribution in [-0.4, -0.2) is 30.3 Å². The van der Waals surface area contributed by atoms with Crippen molar-refractivity contribution in [1.82, 2.24) is 5.32 Å². The fourth-order valence-corrected chi connectivity index (χ4v) is 2.97. The molecule has 1 aromatic carbocycles. The number of nitrogens with one attached hydrogen (secondary N) is 1. The highest BCUT2D eigenvalue weighted by Crippen LogP contribution is 2.23. The summed E-state index contributed by atoms with van der Waals surface area (Å²) in [6.07, 6.45) is 4.96. The van der Waals surface area contributed by atoms with Crippen LogP contribution in [0.25, 0.3) is 0 Å². The first-order valence-corrected chi connectivity index (χ1v) is 8.34. The second-order valence-corrected chi connectivity index (χ2v) is 6.07. The highest BCUT2D eigenvalue weighted by atomic mass is 16.5. The summed E-state index contributed by atoms with van der Waals surface area (Å²) in [4.78, 5) is 11.9. The van der Waals surface area contributed by atoms with Crippen molar-refractivity contribution in [2.75, 3.05) is 13.2 Å². The second-order valence-electron chi connectivity index (χ2n) is 6.07. The van der Waals surface area contributed by atoms with Gasteiger partial charge in [0, 0.05) is 13.0 Å². The Bertz CT molecular complexity index is 458. The van der Waals surface area contributed by atoms with Crippen molar-refractivity contribution in [3.63, 3.8) is 0 Å². The SMILES string of the molecule is CCOc1ccc(CCC(=O)NC[C@H]2CCC[C@H](O)C2)cc1. The molecule has 1 aliphatic carbocycles. The van der Waals surface area contributed by atoms with Gasteiger partial charge in [-0.25, -0.2) is 0 Å². The molecule has 1 amide bonds. The number of hydrogen-bond donors (Lipinski definition) is 2. The van der Waals surface area contributed by atoms with Gasteiger partial charge in [0.2, 0.25) is 5.91 Å². The van der Waals surface area contributed by atoms with E-state index in [0.29, 0.717) is 25.5 Å². The summed E-state index contributed by atoms with van der Waals surface area (Å²) in [5.41, 5.74) is 1.15. The zero-order valence-corrected chi connectivity index (χ0v) is 13.4. The maximum absolute atomic E-state index is 11.9. The van der Waals surface area contributed by atoms with Crippen molar-refractivity contribution in [2.24, 2.45) is 5.92 Å². The number of rotatable bonds is 7. The van der Waals surface area contributed by atoms with Gasteiger partial charge in [-0.15, -0.1) is 0 Å². The molecular weight excluding hydrogens is 278 g/mol. The molecule has 1 fully saturated rings. The van der Waals surface area contributed by atoms with Crippen LogP contribution in [0.1, 0.15) is 44.6 Å². The molecule has 4 heteroatoms. The van der Waals surface area contributed by atoms with Crippen LogP contribution in [0.15, 0.2) is 24.3 Å². The number of carbonyl (C=O) groups excluding carboxylic acids is 1. The van der Waals surface area contributed by atoms with E-state index in [-0.39, 0.29) is 12.0 Å². The monoisotopic (exact) mass is 305 g/mol. The van der Waals surface area contributed by atoms with Crippen molar-refractivity contribution in [3.8, 4) is 5.75 Å². The average Bonchev–Trinajstić information content (AvgIpc) is 2.53. The lowest BCUT2D eigenvalue weighted by atomic mass is 9.87. The largest absolute Gasteiger partial charge is 0.494 e. The van der Waals surface area contributed by atoms with Gasteiger partial charge in [-0.3, -0.25) is 4.79 Å². The smallest absolute Gasteiger partial charge is 0.220 e. The second kappa shape index (κ2) is 8.79. The minimum Gasteiger partial charge on any atom is -0.494 e. The number of hydrogen-bond acceptors (Lipinski definition) is 3. The van der Waals surface area contributed by atoms with Gasteiger partial charge in [-0.1, -0.05) is 18.6 Å². The van der Waals surface area contributed by atoms with Crippen LogP contribution in [0.4, 0.5) is 0 Å². The van der Waals surface area contributed by atoms with Crippen molar-refractivity contribution in [2.45, 2.75) is 51.6 Å². The fraction of sp³-hybridized carbons (Fsp3) is 0.611. The van der Waals surface area contributed by atoms with E-state index in [1.807, 2.05) is 31.2 Å². The van der Waals surface area contributed by atoms with Crippen molar-refractivity contribution in [1.29, 1.82) is 0 Å². The van der Waals surface area contributed by atoms with E-state index in [0.717, 1.165) is 43.4 Å². The molecule has 0 unspecified atom stereocenters. The number of amides is 1. The summed E-state index contributed by atoms with van der Waals surface area (Å²) in [6, 6.07) is 7.91. The van der Waals surface area contributed by atoms with Crippen LogP contribution >= 0.6 is 0 Å². The van der Waals surface area contributed by atoms with Gasteiger partial charge < -0.3 is 15.2 Å². The van der Waals surface area contributed by atoms with E-state index >= 15 is 0 Å². The molecular formula is C18H27NO3. The summed E-state index contributed by atoms with van der Waals surface area (Å²) >= 11 is 0. The van der Waals surface area contributed by atoms with Crippen molar-refractivity contribution in [3.05, 3.63) is 29.8 Å². The Morgan fingerprint density at radius 2 is 2.09 bits per heavy atom. The highest BCUT2D eigenvalue weighted by molar-refractivity contribution is 5.76. The van der Waals surface area contributed by atoms with Gasteiger partial charge in [0.1, 0.15) is 5.75 Å². The Morgan fingerprint density at radius 1 is 1.32 bits per heavy atom. The lowest BCUT2D eigenvalue weighted by Gasteiger charge is -2.25. The van der Waals surface area contributed by atoms with Crippen LogP contribution in [-0.2, 0) is 11.2 Å². The van der Waals surface area contributed by atoms with E-state index < -0.39 is 0 Å². The molecule has 4 nitrogen and oxygen atoms in total. The van der Waals surface area contributed by atoms with E-state index in [4.69, 9.17) is 4.74 Å². The number of carbonyl (C=O) groups is 1. The van der Waals surface area contributed by atoms with Crippen molar-refractivity contribution < 1.29 is 14.6 Å². The molecule has 0 aromatic heterocycles. The quantitative estimate of drug-likeness (QED) is 0.814. The molecule has 22 heavy (non-hydrogen) atoms. The molecule has 0 saturated heterocycles. The Morgan fingerprint density at radius 3 is 2.77 bits per heavy atom. The maximum Gasteiger partial charge on any atom is 0.220 e. The minimum atomic E-state index is -0.181. The molecule has 1 saturated carbocycles. The van der Waals surface area contributed by atoms with Gasteiger partial charge in [-0.05, 0) is 56.2 Å². The van der Waals surface area contributed by atoms with E-state index in [1.54, 1.807) is 0 Å². The Balaban J connectivity index is 1.66. The van der Waals surface area contributed by atoms with Crippen LogP contribution < -0.4 is 10.1 Å². The fourth-order valence-electron chi connectivity index (χ4n) is 2.97. The molecule has 0 bridgehead atoms. The standard InChI is InChI=1S/C18H27NO3/c1-2-22-17-9-6-14(7-10-17)8-11-18(21)19-13-15-4-3-5-16(20)12-15/h6-7,9-10,15-16,20H,2-5,8,11-13H2,1H3,(H,19,21)/t15-,16-/m0/s1. The normalized spacial score (nSPS) is 21.4. The Labute approximate surface area is 132 Å². The summed E-state index contributed by atoms with van der Waals surface area (Å²) < 4.78 is 5.40. The zero-order valence-electron chi connectivity index (χ0n) is 13.4. The Kier molecular flexibility index (Phi) is 6.72. The molecule has 0 radical (unpaired) electrons. The first kappa shape index (κ1) is 16.8. The Hall–Kier alpha value is -1.55. The zero-order chi connectivity index (χ0) is 15.8. The summed E-state index contributed by atoms with van der Waals surface area (Å²) in [5, 5.41) is 12.6. The predicted molar refractivity (Wildman–Crippen MR) is 86.9 cm³/mol. The van der Waals surface area contributed by atoms with Crippen LogP contribution in [0.2, 0.25) is 0 Å². The minimum absolute atomic E-state index is 0.0916. The van der Waals surface area contributed by atoms with Crippen LogP contribution in [0.5, 0.6) is 5.75 Å². The molecule has 1 aromatic rings. The highest BCUT2D eigenvalue weighted by Gasteiger charge is 2.20. The molecule has 122 valence electrons. The number of benzene rings is 1. The third-order valence-electron chi connectivity index (χ3n) is 4.22. The van der Waals surface area contributed by atoms with Crippen molar-refractivity contribution >= 4 is 5.91 Å². The molecule has 0 spiro atoms. The maximum atomic E-state index is 11.9. The lowest BCUT2D eigenvalue weighted by Crippen LogP contribution is -2.33. The number of aryl methyl sites for hydroxylation is 1. The van der Waals surface area contributed by atoms with E-state index in [2.05, 4.69) is 5.32 Å². The van der Waals surface area contributed by atoms with Crippen LogP contribution in [0, 0.1) is 5.92 Å². The van der Waals surface area contributed by atoms with Crippen LogP contribution in [0.3, 0.4) is 0 Å². The predicted octanol–water partition coefficient (Wildman–Crippen LogP) is 2.69. The first-order chi connectivity index (χ1) is 10.7.